The van der Waals surface area contributed by atoms with Gasteiger partial charge in [0.05, 0.1) is 11.0 Å². The van der Waals surface area contributed by atoms with Gasteiger partial charge in [-0.25, -0.2) is 0 Å². The number of methoxy groups -OCH3 is 1. The molecule has 0 aromatic rings. The third kappa shape index (κ3) is 5.68. The maximum absolute atomic E-state index is 11.7. The van der Waals surface area contributed by atoms with Gasteiger partial charge in [-0.15, -0.1) is 11.6 Å². The molecule has 0 saturated heterocycles. The molecule has 0 aliphatic carbocycles. The van der Waals surface area contributed by atoms with Crippen LogP contribution in [0.4, 0.5) is 0 Å². The van der Waals surface area contributed by atoms with Crippen LogP contribution < -0.4 is 5.32 Å². The van der Waals surface area contributed by atoms with Crippen molar-refractivity contribution in [3.05, 3.63) is 0 Å². The number of ether oxygens (including phenoxy) is 1. The number of rotatable bonds is 7. The highest BCUT2D eigenvalue weighted by Crippen LogP contribution is 2.17. The molecule has 0 radical (unpaired) electrons. The van der Waals surface area contributed by atoms with Crippen LogP contribution in [0, 0.1) is 5.41 Å². The summed E-state index contributed by atoms with van der Waals surface area (Å²) in [7, 11) is 1.57. The molecule has 16 heavy (non-hydrogen) atoms. The highest BCUT2D eigenvalue weighted by atomic mass is 35.5. The van der Waals surface area contributed by atoms with Crippen molar-refractivity contribution < 1.29 is 14.6 Å². The lowest BCUT2D eigenvalue weighted by atomic mass is 9.94. The van der Waals surface area contributed by atoms with Crippen molar-refractivity contribution in [2.75, 3.05) is 26.1 Å². The third-order valence-corrected chi connectivity index (χ3v) is 3.09. The van der Waals surface area contributed by atoms with Gasteiger partial charge in [-0.1, -0.05) is 0 Å². The van der Waals surface area contributed by atoms with Crippen LogP contribution in [0.1, 0.15) is 27.2 Å². The molecule has 0 saturated carbocycles. The van der Waals surface area contributed by atoms with E-state index in [1.54, 1.807) is 27.9 Å². The Bertz CT molecular complexity index is 229. The Hall–Kier alpha value is -0.320. The number of alkyl halides is 1. The maximum atomic E-state index is 11.7. The van der Waals surface area contributed by atoms with E-state index in [1.165, 1.54) is 0 Å². The van der Waals surface area contributed by atoms with Gasteiger partial charge in [0.1, 0.15) is 0 Å². The molecular formula is C11H22ClNO3. The molecule has 1 amide bonds. The highest BCUT2D eigenvalue weighted by Gasteiger charge is 2.28. The van der Waals surface area contributed by atoms with E-state index in [1.807, 2.05) is 0 Å². The minimum absolute atomic E-state index is 0.153. The largest absolute Gasteiger partial charge is 0.388 e. The van der Waals surface area contributed by atoms with Crippen LogP contribution >= 0.6 is 11.6 Å². The zero-order valence-electron chi connectivity index (χ0n) is 10.5. The van der Waals surface area contributed by atoms with Crippen molar-refractivity contribution in [1.82, 2.24) is 5.32 Å². The number of aliphatic hydroxyl groups is 1. The van der Waals surface area contributed by atoms with E-state index in [4.69, 9.17) is 16.3 Å². The van der Waals surface area contributed by atoms with E-state index in [9.17, 15) is 9.90 Å². The molecule has 4 nitrogen and oxygen atoms in total. The summed E-state index contributed by atoms with van der Waals surface area (Å²) in [5.74, 6) is 0.0965. The second-order valence-corrected chi connectivity index (χ2v) is 5.21. The van der Waals surface area contributed by atoms with E-state index in [0.29, 0.717) is 13.0 Å². The first-order valence-electron chi connectivity index (χ1n) is 5.31. The van der Waals surface area contributed by atoms with Gasteiger partial charge in [-0.3, -0.25) is 4.79 Å². The van der Waals surface area contributed by atoms with E-state index in [2.05, 4.69) is 5.32 Å². The zero-order chi connectivity index (χ0) is 12.8. The average Bonchev–Trinajstić information content (AvgIpc) is 2.23. The van der Waals surface area contributed by atoms with Gasteiger partial charge in [0.25, 0.3) is 0 Å². The third-order valence-electron chi connectivity index (χ3n) is 2.42. The Morgan fingerprint density at radius 1 is 1.44 bits per heavy atom. The molecule has 0 spiro atoms. The first-order valence-corrected chi connectivity index (χ1v) is 5.84. The van der Waals surface area contributed by atoms with Crippen LogP contribution in [-0.4, -0.2) is 42.8 Å². The molecule has 1 unspecified atom stereocenters. The van der Waals surface area contributed by atoms with Crippen molar-refractivity contribution in [2.24, 2.45) is 5.41 Å². The molecule has 2 N–H and O–H groups in total. The van der Waals surface area contributed by atoms with Gasteiger partial charge in [0, 0.05) is 32.6 Å². The van der Waals surface area contributed by atoms with Gasteiger partial charge in [0.2, 0.25) is 5.91 Å². The number of carbonyl (C=O) groups excluding carboxylic acids is 1. The summed E-state index contributed by atoms with van der Waals surface area (Å²) in [6.07, 6.45) is 0.477. The van der Waals surface area contributed by atoms with Crippen molar-refractivity contribution >= 4 is 17.5 Å². The van der Waals surface area contributed by atoms with Crippen molar-refractivity contribution in [1.29, 1.82) is 0 Å². The van der Waals surface area contributed by atoms with Gasteiger partial charge < -0.3 is 15.2 Å². The minimum Gasteiger partial charge on any atom is -0.388 e. The van der Waals surface area contributed by atoms with Crippen molar-refractivity contribution in [3.8, 4) is 0 Å². The lowest BCUT2D eigenvalue weighted by Crippen LogP contribution is -2.46. The normalized spacial score (nSPS) is 15.6. The Kier molecular flexibility index (Phi) is 6.30. The molecule has 1 atom stereocenters. The molecule has 0 fully saturated rings. The SMILES string of the molecule is COCCC(C)(O)CNC(=O)C(C)(C)CCl. The van der Waals surface area contributed by atoms with Gasteiger partial charge in [-0.05, 0) is 20.8 Å². The number of hydrogen-bond donors (Lipinski definition) is 2. The predicted octanol–water partition coefficient (Wildman–Crippen LogP) is 1.16. The molecule has 0 rings (SSSR count). The second kappa shape index (κ2) is 6.42. The topological polar surface area (TPSA) is 58.6 Å². The molecule has 0 aliphatic rings. The number of nitrogens with one attached hydrogen (secondary N) is 1. The first-order chi connectivity index (χ1) is 7.25. The predicted molar refractivity (Wildman–Crippen MR) is 64.6 cm³/mol. The maximum Gasteiger partial charge on any atom is 0.226 e. The van der Waals surface area contributed by atoms with Crippen LogP contribution in [0.5, 0.6) is 0 Å². The first kappa shape index (κ1) is 15.7. The van der Waals surface area contributed by atoms with E-state index in [0.717, 1.165) is 0 Å². The molecule has 5 heteroatoms. The summed E-state index contributed by atoms with van der Waals surface area (Å²) in [5, 5.41) is 12.6. The van der Waals surface area contributed by atoms with Crippen LogP contribution in [0.25, 0.3) is 0 Å². The summed E-state index contributed by atoms with van der Waals surface area (Å²) < 4.78 is 4.88. The Balaban J connectivity index is 4.09. The monoisotopic (exact) mass is 251 g/mol. The van der Waals surface area contributed by atoms with E-state index >= 15 is 0 Å². The average molecular weight is 252 g/mol. The standard InChI is InChI=1S/C11H22ClNO3/c1-10(2,7-12)9(14)13-8-11(3,15)5-6-16-4/h15H,5-8H2,1-4H3,(H,13,14). The van der Waals surface area contributed by atoms with Crippen LogP contribution in [0.15, 0.2) is 0 Å². The summed E-state index contributed by atoms with van der Waals surface area (Å²) in [6, 6.07) is 0. The van der Waals surface area contributed by atoms with Gasteiger partial charge in [0.15, 0.2) is 0 Å². The minimum atomic E-state index is -0.950. The zero-order valence-corrected chi connectivity index (χ0v) is 11.2. The second-order valence-electron chi connectivity index (χ2n) is 4.94. The summed E-state index contributed by atoms with van der Waals surface area (Å²) in [6.45, 7) is 5.86. The van der Waals surface area contributed by atoms with Gasteiger partial charge in [-0.2, -0.15) is 0 Å². The number of amides is 1. The van der Waals surface area contributed by atoms with Crippen molar-refractivity contribution in [3.63, 3.8) is 0 Å². The van der Waals surface area contributed by atoms with E-state index < -0.39 is 11.0 Å². The van der Waals surface area contributed by atoms with Crippen LogP contribution in [0.3, 0.4) is 0 Å². The molecule has 96 valence electrons. The molecule has 0 aliphatic heterocycles. The smallest absolute Gasteiger partial charge is 0.226 e. The number of halogens is 1. The Morgan fingerprint density at radius 2 is 2.00 bits per heavy atom. The van der Waals surface area contributed by atoms with E-state index in [-0.39, 0.29) is 18.3 Å². The fourth-order valence-corrected chi connectivity index (χ4v) is 1.10. The summed E-state index contributed by atoms with van der Waals surface area (Å²) in [5.41, 5.74) is -1.56. The lowest BCUT2D eigenvalue weighted by Gasteiger charge is -2.26. The molecule has 0 aromatic heterocycles. The Labute approximate surface area is 102 Å². The summed E-state index contributed by atoms with van der Waals surface area (Å²) >= 11 is 5.68. The highest BCUT2D eigenvalue weighted by molar-refractivity contribution is 6.19. The number of hydrogen-bond acceptors (Lipinski definition) is 3. The van der Waals surface area contributed by atoms with Gasteiger partial charge >= 0.3 is 0 Å². The van der Waals surface area contributed by atoms with Crippen LogP contribution in [-0.2, 0) is 9.53 Å². The Morgan fingerprint density at radius 3 is 2.44 bits per heavy atom. The number of carbonyl (C=O) groups is 1. The molecular weight excluding hydrogens is 230 g/mol. The lowest BCUT2D eigenvalue weighted by molar-refractivity contribution is -0.129. The quantitative estimate of drug-likeness (QED) is 0.668. The fourth-order valence-electron chi connectivity index (χ4n) is 0.981. The molecule has 0 aromatic carbocycles. The molecule has 0 bridgehead atoms. The molecule has 0 heterocycles. The fraction of sp³-hybridized carbons (Fsp3) is 0.909. The summed E-state index contributed by atoms with van der Waals surface area (Å²) in [4.78, 5) is 11.7. The van der Waals surface area contributed by atoms with Crippen molar-refractivity contribution in [2.45, 2.75) is 32.8 Å². The van der Waals surface area contributed by atoms with Crippen LogP contribution in [0.2, 0.25) is 0 Å².